The first-order chi connectivity index (χ1) is 13.0. The number of amides is 2. The molecule has 2 amide bonds. The van der Waals surface area contributed by atoms with Crippen LogP contribution in [0.2, 0.25) is 0 Å². The SMILES string of the molecule is O=C(CCc1cccs1)Nc1cccc(C(=O)N2CCCCC2C(=O)O)c1. The Morgan fingerprint density at radius 1 is 1.19 bits per heavy atom. The van der Waals surface area contributed by atoms with Crippen molar-refractivity contribution in [3.05, 3.63) is 52.2 Å². The molecule has 0 radical (unpaired) electrons. The predicted octanol–water partition coefficient (Wildman–Crippen LogP) is 3.40. The van der Waals surface area contributed by atoms with Crippen molar-refractivity contribution in [2.75, 3.05) is 11.9 Å². The fourth-order valence-corrected chi connectivity index (χ4v) is 3.95. The van der Waals surface area contributed by atoms with Gasteiger partial charge in [-0.15, -0.1) is 11.3 Å². The van der Waals surface area contributed by atoms with Crippen LogP contribution in [0.15, 0.2) is 41.8 Å². The second-order valence-corrected chi connectivity index (χ2v) is 7.59. The van der Waals surface area contributed by atoms with Gasteiger partial charge in [0.05, 0.1) is 0 Å². The number of hydrogen-bond donors (Lipinski definition) is 2. The van der Waals surface area contributed by atoms with Crippen molar-refractivity contribution in [2.24, 2.45) is 0 Å². The van der Waals surface area contributed by atoms with Gasteiger partial charge in [-0.2, -0.15) is 0 Å². The van der Waals surface area contributed by atoms with Crippen molar-refractivity contribution < 1.29 is 19.5 Å². The fraction of sp³-hybridized carbons (Fsp3) is 0.350. The number of hydrogen-bond acceptors (Lipinski definition) is 4. The summed E-state index contributed by atoms with van der Waals surface area (Å²) < 4.78 is 0. The monoisotopic (exact) mass is 386 g/mol. The first kappa shape index (κ1) is 19.1. The summed E-state index contributed by atoms with van der Waals surface area (Å²) in [6, 6.07) is 9.85. The van der Waals surface area contributed by atoms with E-state index in [9.17, 15) is 19.5 Å². The van der Waals surface area contributed by atoms with Gasteiger partial charge in [-0.1, -0.05) is 12.1 Å². The van der Waals surface area contributed by atoms with Crippen LogP contribution in [0.25, 0.3) is 0 Å². The zero-order valence-corrected chi connectivity index (χ0v) is 15.7. The highest BCUT2D eigenvalue weighted by Gasteiger charge is 2.32. The minimum Gasteiger partial charge on any atom is -0.480 e. The van der Waals surface area contributed by atoms with E-state index in [1.165, 1.54) is 4.90 Å². The number of aliphatic carboxylic acids is 1. The van der Waals surface area contributed by atoms with Crippen LogP contribution in [-0.4, -0.2) is 40.4 Å². The molecule has 6 nitrogen and oxygen atoms in total. The van der Waals surface area contributed by atoms with E-state index >= 15 is 0 Å². The number of carboxylic acids is 1. The molecular weight excluding hydrogens is 364 g/mol. The van der Waals surface area contributed by atoms with E-state index < -0.39 is 12.0 Å². The summed E-state index contributed by atoms with van der Waals surface area (Å²) in [6.45, 7) is 0.438. The van der Waals surface area contributed by atoms with E-state index in [2.05, 4.69) is 5.32 Å². The van der Waals surface area contributed by atoms with Gasteiger partial charge in [-0.3, -0.25) is 9.59 Å². The van der Waals surface area contributed by atoms with Crippen LogP contribution in [0.4, 0.5) is 5.69 Å². The Kier molecular flexibility index (Phi) is 6.24. The first-order valence-electron chi connectivity index (χ1n) is 9.00. The Morgan fingerprint density at radius 3 is 2.78 bits per heavy atom. The zero-order valence-electron chi connectivity index (χ0n) is 14.9. The topological polar surface area (TPSA) is 86.7 Å². The van der Waals surface area contributed by atoms with Gasteiger partial charge in [0.1, 0.15) is 6.04 Å². The molecule has 1 atom stereocenters. The summed E-state index contributed by atoms with van der Waals surface area (Å²) in [6.07, 6.45) is 3.12. The summed E-state index contributed by atoms with van der Waals surface area (Å²) in [5.41, 5.74) is 0.931. The third kappa shape index (κ3) is 4.95. The fourth-order valence-electron chi connectivity index (χ4n) is 3.24. The lowest BCUT2D eigenvalue weighted by Crippen LogP contribution is -2.48. The van der Waals surface area contributed by atoms with Crippen LogP contribution < -0.4 is 5.32 Å². The van der Waals surface area contributed by atoms with Crippen LogP contribution in [0, 0.1) is 0 Å². The maximum atomic E-state index is 12.8. The number of benzene rings is 1. The van der Waals surface area contributed by atoms with E-state index in [1.54, 1.807) is 35.6 Å². The molecule has 2 heterocycles. The molecule has 1 aromatic carbocycles. The minimum atomic E-state index is -0.971. The maximum Gasteiger partial charge on any atom is 0.326 e. The van der Waals surface area contributed by atoms with Gasteiger partial charge in [0.15, 0.2) is 0 Å². The molecule has 27 heavy (non-hydrogen) atoms. The average Bonchev–Trinajstić information content (AvgIpc) is 3.19. The summed E-state index contributed by atoms with van der Waals surface area (Å²) >= 11 is 1.62. The quantitative estimate of drug-likeness (QED) is 0.797. The van der Waals surface area contributed by atoms with E-state index in [4.69, 9.17) is 0 Å². The molecule has 142 valence electrons. The normalized spacial score (nSPS) is 16.7. The second kappa shape index (κ2) is 8.81. The number of carbonyl (C=O) groups excluding carboxylic acids is 2. The molecule has 1 aliphatic rings. The lowest BCUT2D eigenvalue weighted by Gasteiger charge is -2.33. The number of carboxylic acid groups (broad SMARTS) is 1. The molecule has 0 spiro atoms. The Morgan fingerprint density at radius 2 is 2.04 bits per heavy atom. The number of carbonyl (C=O) groups is 3. The molecule has 7 heteroatoms. The van der Waals surface area contributed by atoms with Crippen LogP contribution in [-0.2, 0) is 16.0 Å². The summed E-state index contributed by atoms with van der Waals surface area (Å²) in [5, 5.41) is 14.2. The Balaban J connectivity index is 1.64. The Bertz CT molecular complexity index is 819. The predicted molar refractivity (Wildman–Crippen MR) is 104 cm³/mol. The van der Waals surface area contributed by atoms with Crippen molar-refractivity contribution in [3.8, 4) is 0 Å². The number of nitrogens with one attached hydrogen (secondary N) is 1. The lowest BCUT2D eigenvalue weighted by molar-refractivity contribution is -0.143. The van der Waals surface area contributed by atoms with E-state index in [-0.39, 0.29) is 11.8 Å². The minimum absolute atomic E-state index is 0.116. The van der Waals surface area contributed by atoms with E-state index in [0.717, 1.165) is 17.7 Å². The molecular formula is C20H22N2O4S. The number of aryl methyl sites for hydroxylation is 1. The van der Waals surface area contributed by atoms with Crippen LogP contribution in [0.3, 0.4) is 0 Å². The van der Waals surface area contributed by atoms with Gasteiger partial charge >= 0.3 is 5.97 Å². The highest BCUT2D eigenvalue weighted by Crippen LogP contribution is 2.21. The van der Waals surface area contributed by atoms with Gasteiger partial charge in [0.25, 0.3) is 5.91 Å². The number of rotatable bonds is 6. The number of thiophene rings is 1. The van der Waals surface area contributed by atoms with Gasteiger partial charge in [-0.05, 0) is 55.3 Å². The van der Waals surface area contributed by atoms with Gasteiger partial charge in [0, 0.05) is 29.1 Å². The molecule has 0 bridgehead atoms. The molecule has 0 aliphatic carbocycles. The standard InChI is InChI=1S/C20H22N2O4S/c23-18(10-9-16-7-4-12-27-16)21-15-6-3-5-14(13-15)19(24)22-11-2-1-8-17(22)20(25)26/h3-7,12-13,17H,1-2,8-11H2,(H,21,23)(H,25,26). The third-order valence-corrected chi connectivity index (χ3v) is 5.56. The number of anilines is 1. The molecule has 3 rings (SSSR count). The van der Waals surface area contributed by atoms with Gasteiger partial charge in [-0.25, -0.2) is 4.79 Å². The van der Waals surface area contributed by atoms with Crippen molar-refractivity contribution >= 4 is 34.8 Å². The molecule has 1 unspecified atom stereocenters. The summed E-state index contributed by atoms with van der Waals surface area (Å²) in [4.78, 5) is 38.9. The lowest BCUT2D eigenvalue weighted by atomic mass is 10.0. The average molecular weight is 386 g/mol. The number of nitrogens with zero attached hydrogens (tertiary/aromatic N) is 1. The molecule has 1 aliphatic heterocycles. The Hall–Kier alpha value is -2.67. The first-order valence-corrected chi connectivity index (χ1v) is 9.88. The summed E-state index contributed by atoms with van der Waals surface area (Å²) in [5.74, 6) is -1.40. The Labute approximate surface area is 161 Å². The van der Waals surface area contributed by atoms with Gasteiger partial charge in [0.2, 0.25) is 5.91 Å². The highest BCUT2D eigenvalue weighted by molar-refractivity contribution is 7.09. The van der Waals surface area contributed by atoms with Crippen LogP contribution in [0.5, 0.6) is 0 Å². The molecule has 2 aromatic rings. The smallest absolute Gasteiger partial charge is 0.326 e. The molecule has 0 saturated carbocycles. The highest BCUT2D eigenvalue weighted by atomic mass is 32.1. The number of likely N-dealkylation sites (tertiary alicyclic amines) is 1. The molecule has 1 saturated heterocycles. The zero-order chi connectivity index (χ0) is 19.2. The van der Waals surface area contributed by atoms with Gasteiger partial charge < -0.3 is 15.3 Å². The van der Waals surface area contributed by atoms with Crippen molar-refractivity contribution in [1.29, 1.82) is 0 Å². The second-order valence-electron chi connectivity index (χ2n) is 6.56. The van der Waals surface area contributed by atoms with Crippen LogP contribution >= 0.6 is 11.3 Å². The van der Waals surface area contributed by atoms with E-state index in [1.807, 2.05) is 17.5 Å². The largest absolute Gasteiger partial charge is 0.480 e. The van der Waals surface area contributed by atoms with Crippen molar-refractivity contribution in [3.63, 3.8) is 0 Å². The molecule has 1 fully saturated rings. The van der Waals surface area contributed by atoms with E-state index in [0.29, 0.717) is 37.1 Å². The maximum absolute atomic E-state index is 12.8. The van der Waals surface area contributed by atoms with Crippen LogP contribution in [0.1, 0.15) is 40.9 Å². The van der Waals surface area contributed by atoms with Crippen molar-refractivity contribution in [1.82, 2.24) is 4.90 Å². The number of piperidine rings is 1. The van der Waals surface area contributed by atoms with Crippen molar-refractivity contribution in [2.45, 2.75) is 38.1 Å². The summed E-state index contributed by atoms with van der Waals surface area (Å²) in [7, 11) is 0. The molecule has 2 N–H and O–H groups in total. The molecule has 1 aromatic heterocycles. The third-order valence-electron chi connectivity index (χ3n) is 4.62.